The molecule has 1 saturated carbocycles. The monoisotopic (exact) mass is 229 g/mol. The summed E-state index contributed by atoms with van der Waals surface area (Å²) in [5.74, 6) is 0. The molecule has 96 valence electrons. The molecule has 1 aliphatic rings. The average molecular weight is 229 g/mol. The SMILES string of the molecule is CCOCCOC1(CNC(C)C)CCCC1. The first-order valence-corrected chi connectivity index (χ1v) is 6.63. The smallest absolute Gasteiger partial charge is 0.0807 e. The fourth-order valence-electron chi connectivity index (χ4n) is 2.24. The van der Waals surface area contributed by atoms with E-state index in [-0.39, 0.29) is 5.60 Å². The zero-order valence-corrected chi connectivity index (χ0v) is 11.1. The van der Waals surface area contributed by atoms with Crippen LogP contribution in [0.2, 0.25) is 0 Å². The van der Waals surface area contributed by atoms with Gasteiger partial charge in [-0.25, -0.2) is 0 Å². The van der Waals surface area contributed by atoms with Crippen LogP contribution < -0.4 is 5.32 Å². The summed E-state index contributed by atoms with van der Waals surface area (Å²) in [7, 11) is 0. The van der Waals surface area contributed by atoms with Gasteiger partial charge in [0.25, 0.3) is 0 Å². The number of ether oxygens (including phenoxy) is 2. The first-order valence-electron chi connectivity index (χ1n) is 6.63. The molecular weight excluding hydrogens is 202 g/mol. The summed E-state index contributed by atoms with van der Waals surface area (Å²) in [5.41, 5.74) is 0.0847. The summed E-state index contributed by atoms with van der Waals surface area (Å²) in [6.07, 6.45) is 4.99. The van der Waals surface area contributed by atoms with Gasteiger partial charge in [0.05, 0.1) is 18.8 Å². The van der Waals surface area contributed by atoms with Crippen molar-refractivity contribution < 1.29 is 9.47 Å². The van der Waals surface area contributed by atoms with Crippen LogP contribution in [0.15, 0.2) is 0 Å². The molecule has 1 aliphatic carbocycles. The van der Waals surface area contributed by atoms with E-state index in [4.69, 9.17) is 9.47 Å². The largest absolute Gasteiger partial charge is 0.379 e. The van der Waals surface area contributed by atoms with E-state index in [9.17, 15) is 0 Å². The lowest BCUT2D eigenvalue weighted by molar-refractivity contribution is -0.0622. The Balaban J connectivity index is 2.27. The molecule has 16 heavy (non-hydrogen) atoms. The van der Waals surface area contributed by atoms with E-state index in [2.05, 4.69) is 19.2 Å². The van der Waals surface area contributed by atoms with Crippen molar-refractivity contribution in [3.8, 4) is 0 Å². The van der Waals surface area contributed by atoms with Gasteiger partial charge in [-0.15, -0.1) is 0 Å². The lowest BCUT2D eigenvalue weighted by atomic mass is 10.0. The molecule has 0 bridgehead atoms. The van der Waals surface area contributed by atoms with Gasteiger partial charge in [0, 0.05) is 19.2 Å². The van der Waals surface area contributed by atoms with E-state index in [1.165, 1.54) is 25.7 Å². The Kier molecular flexibility index (Phi) is 6.32. The molecule has 0 radical (unpaired) electrons. The molecular formula is C13H27NO2. The lowest BCUT2D eigenvalue weighted by Crippen LogP contribution is -2.43. The van der Waals surface area contributed by atoms with E-state index < -0.39 is 0 Å². The maximum atomic E-state index is 6.06. The van der Waals surface area contributed by atoms with Gasteiger partial charge >= 0.3 is 0 Å². The predicted molar refractivity (Wildman–Crippen MR) is 66.8 cm³/mol. The summed E-state index contributed by atoms with van der Waals surface area (Å²) in [6.45, 7) is 9.60. The molecule has 0 heterocycles. The van der Waals surface area contributed by atoms with Crippen LogP contribution in [0, 0.1) is 0 Å². The second-order valence-electron chi connectivity index (χ2n) is 4.97. The summed E-state index contributed by atoms with van der Waals surface area (Å²) in [4.78, 5) is 0. The molecule has 0 spiro atoms. The van der Waals surface area contributed by atoms with Crippen LogP contribution in [0.1, 0.15) is 46.5 Å². The van der Waals surface area contributed by atoms with Gasteiger partial charge in [0.15, 0.2) is 0 Å². The molecule has 0 aromatic rings. The highest BCUT2D eigenvalue weighted by molar-refractivity contribution is 4.89. The number of hydrogen-bond donors (Lipinski definition) is 1. The van der Waals surface area contributed by atoms with Crippen molar-refractivity contribution in [2.45, 2.75) is 58.1 Å². The van der Waals surface area contributed by atoms with Crippen LogP contribution in [0.4, 0.5) is 0 Å². The molecule has 0 aromatic carbocycles. The van der Waals surface area contributed by atoms with E-state index in [1.54, 1.807) is 0 Å². The molecule has 1 rings (SSSR count). The van der Waals surface area contributed by atoms with Gasteiger partial charge in [0.1, 0.15) is 0 Å². The summed E-state index contributed by atoms with van der Waals surface area (Å²) in [6, 6.07) is 0.535. The normalized spacial score (nSPS) is 19.5. The minimum atomic E-state index is 0.0847. The first kappa shape index (κ1) is 13.9. The number of hydrogen-bond acceptors (Lipinski definition) is 3. The lowest BCUT2D eigenvalue weighted by Gasteiger charge is -2.30. The van der Waals surface area contributed by atoms with Crippen LogP contribution in [0.25, 0.3) is 0 Å². The van der Waals surface area contributed by atoms with Crippen molar-refractivity contribution in [3.05, 3.63) is 0 Å². The topological polar surface area (TPSA) is 30.5 Å². The Hall–Kier alpha value is -0.120. The molecule has 0 atom stereocenters. The van der Waals surface area contributed by atoms with Crippen molar-refractivity contribution in [2.75, 3.05) is 26.4 Å². The molecule has 0 unspecified atom stereocenters. The highest BCUT2D eigenvalue weighted by Gasteiger charge is 2.34. The van der Waals surface area contributed by atoms with Crippen molar-refractivity contribution >= 4 is 0 Å². The summed E-state index contributed by atoms with van der Waals surface area (Å²) >= 11 is 0. The second-order valence-corrected chi connectivity index (χ2v) is 4.97. The zero-order valence-electron chi connectivity index (χ0n) is 11.1. The van der Waals surface area contributed by atoms with Crippen molar-refractivity contribution in [2.24, 2.45) is 0 Å². The third-order valence-corrected chi connectivity index (χ3v) is 3.19. The standard InChI is InChI=1S/C13H27NO2/c1-4-15-9-10-16-13(7-5-6-8-13)11-14-12(2)3/h12,14H,4-11H2,1-3H3. The van der Waals surface area contributed by atoms with Crippen molar-refractivity contribution in [1.29, 1.82) is 0 Å². The fourth-order valence-corrected chi connectivity index (χ4v) is 2.24. The molecule has 3 nitrogen and oxygen atoms in total. The number of nitrogens with one attached hydrogen (secondary N) is 1. The molecule has 0 saturated heterocycles. The molecule has 0 aliphatic heterocycles. The Morgan fingerprint density at radius 1 is 1.19 bits per heavy atom. The maximum absolute atomic E-state index is 6.06. The highest BCUT2D eigenvalue weighted by atomic mass is 16.5. The van der Waals surface area contributed by atoms with Gasteiger partial charge in [-0.05, 0) is 19.8 Å². The Bertz CT molecular complexity index is 177. The molecule has 1 N–H and O–H groups in total. The third-order valence-electron chi connectivity index (χ3n) is 3.19. The van der Waals surface area contributed by atoms with Gasteiger partial charge in [-0.1, -0.05) is 26.7 Å². The van der Waals surface area contributed by atoms with E-state index >= 15 is 0 Å². The highest BCUT2D eigenvalue weighted by Crippen LogP contribution is 2.32. The van der Waals surface area contributed by atoms with Crippen LogP contribution in [0.3, 0.4) is 0 Å². The molecule has 3 heteroatoms. The Labute approximate surface area is 99.9 Å². The van der Waals surface area contributed by atoms with Crippen LogP contribution >= 0.6 is 0 Å². The molecule has 1 fully saturated rings. The van der Waals surface area contributed by atoms with Gasteiger partial charge in [-0.3, -0.25) is 0 Å². The zero-order chi connectivity index (χ0) is 11.9. The van der Waals surface area contributed by atoms with Crippen molar-refractivity contribution in [3.63, 3.8) is 0 Å². The minimum absolute atomic E-state index is 0.0847. The predicted octanol–water partition coefficient (Wildman–Crippen LogP) is 2.35. The second kappa shape index (κ2) is 7.25. The van der Waals surface area contributed by atoms with Crippen LogP contribution in [-0.2, 0) is 9.47 Å². The minimum Gasteiger partial charge on any atom is -0.379 e. The van der Waals surface area contributed by atoms with Crippen LogP contribution in [0.5, 0.6) is 0 Å². The maximum Gasteiger partial charge on any atom is 0.0807 e. The molecule has 0 aromatic heterocycles. The first-order chi connectivity index (χ1) is 7.68. The average Bonchev–Trinajstić information content (AvgIpc) is 2.71. The van der Waals surface area contributed by atoms with Gasteiger partial charge in [0.2, 0.25) is 0 Å². The van der Waals surface area contributed by atoms with Crippen LogP contribution in [-0.4, -0.2) is 38.0 Å². The Morgan fingerprint density at radius 3 is 2.44 bits per heavy atom. The van der Waals surface area contributed by atoms with E-state index in [1.807, 2.05) is 6.92 Å². The van der Waals surface area contributed by atoms with E-state index in [0.29, 0.717) is 6.04 Å². The van der Waals surface area contributed by atoms with Gasteiger partial charge < -0.3 is 14.8 Å². The summed E-state index contributed by atoms with van der Waals surface area (Å²) in [5, 5.41) is 3.50. The third kappa shape index (κ3) is 4.81. The quantitative estimate of drug-likeness (QED) is 0.648. The van der Waals surface area contributed by atoms with Crippen molar-refractivity contribution in [1.82, 2.24) is 5.32 Å². The number of rotatable bonds is 8. The molecule has 0 amide bonds. The summed E-state index contributed by atoms with van der Waals surface area (Å²) < 4.78 is 11.4. The van der Waals surface area contributed by atoms with Gasteiger partial charge in [-0.2, -0.15) is 0 Å². The van der Waals surface area contributed by atoms with E-state index in [0.717, 1.165) is 26.4 Å². The Morgan fingerprint density at radius 2 is 1.88 bits per heavy atom. The fraction of sp³-hybridized carbons (Fsp3) is 1.00.